The highest BCUT2D eigenvalue weighted by atomic mass is 32.1. The van der Waals surface area contributed by atoms with Gasteiger partial charge in [0, 0.05) is 10.4 Å². The van der Waals surface area contributed by atoms with Crippen LogP contribution in [0.15, 0.2) is 53.9 Å². The van der Waals surface area contributed by atoms with E-state index in [4.69, 9.17) is 0 Å². The number of aryl methyl sites for hydroxylation is 1. The third-order valence-corrected chi connectivity index (χ3v) is 8.25. The molecule has 1 aliphatic rings. The predicted octanol–water partition coefficient (Wildman–Crippen LogP) is 6.83. The number of fused-ring (bicyclic) bond motifs is 4. The maximum absolute atomic E-state index is 4.58. The molecule has 5 rings (SSSR count). The van der Waals surface area contributed by atoms with Crippen molar-refractivity contribution in [1.29, 1.82) is 0 Å². The molecule has 2 aromatic heterocycles. The van der Waals surface area contributed by atoms with Crippen LogP contribution in [0, 0.1) is 11.3 Å². The van der Waals surface area contributed by atoms with Gasteiger partial charge in [-0.2, -0.15) is 5.10 Å². The number of hydrogen-bond donors (Lipinski definition) is 1. The van der Waals surface area contributed by atoms with Gasteiger partial charge in [0.25, 0.3) is 0 Å². The summed E-state index contributed by atoms with van der Waals surface area (Å²) < 4.78 is 0. The van der Waals surface area contributed by atoms with Crippen molar-refractivity contribution in [2.45, 2.75) is 46.5 Å². The van der Waals surface area contributed by atoms with E-state index in [-0.39, 0.29) is 0 Å². The van der Waals surface area contributed by atoms with E-state index < -0.39 is 0 Å². The lowest BCUT2D eigenvalue weighted by Gasteiger charge is -2.36. The fourth-order valence-corrected chi connectivity index (χ4v) is 5.86. The monoisotopic (exact) mass is 428 g/mol. The molecule has 2 aromatic carbocycles. The van der Waals surface area contributed by atoms with Gasteiger partial charge in [-0.1, -0.05) is 69.7 Å². The molecular formula is C26H28N4S. The fraction of sp³-hybridized carbons (Fsp3) is 0.346. The van der Waals surface area contributed by atoms with Gasteiger partial charge in [-0.15, -0.1) is 11.3 Å². The zero-order valence-corrected chi connectivity index (χ0v) is 19.2. The van der Waals surface area contributed by atoms with Crippen LogP contribution in [0.2, 0.25) is 0 Å². The van der Waals surface area contributed by atoms with E-state index in [0.717, 1.165) is 34.4 Å². The molecule has 0 saturated carbocycles. The van der Waals surface area contributed by atoms with E-state index in [1.165, 1.54) is 34.1 Å². The summed E-state index contributed by atoms with van der Waals surface area (Å²) >= 11 is 1.82. The van der Waals surface area contributed by atoms with Gasteiger partial charge in [0.2, 0.25) is 0 Å². The van der Waals surface area contributed by atoms with Crippen LogP contribution >= 0.6 is 11.3 Å². The van der Waals surface area contributed by atoms with Gasteiger partial charge < -0.3 is 0 Å². The van der Waals surface area contributed by atoms with Crippen molar-refractivity contribution in [3.63, 3.8) is 0 Å². The van der Waals surface area contributed by atoms with Gasteiger partial charge in [-0.3, -0.25) is 5.43 Å². The molecule has 158 valence electrons. The average molecular weight is 429 g/mol. The molecule has 0 fully saturated rings. The summed E-state index contributed by atoms with van der Waals surface area (Å²) in [5, 5.41) is 8.14. The van der Waals surface area contributed by atoms with Gasteiger partial charge in [-0.25, -0.2) is 9.97 Å². The van der Waals surface area contributed by atoms with E-state index in [1.807, 2.05) is 17.6 Å². The Morgan fingerprint density at radius 1 is 1.16 bits per heavy atom. The first-order chi connectivity index (χ1) is 15.1. The molecule has 2 heterocycles. The first kappa shape index (κ1) is 20.1. The second kappa shape index (κ2) is 8.04. The maximum Gasteiger partial charge on any atom is 0.158 e. The van der Waals surface area contributed by atoms with Crippen LogP contribution < -0.4 is 5.43 Å². The first-order valence-corrected chi connectivity index (χ1v) is 11.9. The van der Waals surface area contributed by atoms with Crippen LogP contribution in [-0.2, 0) is 12.8 Å². The van der Waals surface area contributed by atoms with E-state index in [9.17, 15) is 0 Å². The number of benzene rings is 2. The number of hydrogen-bond acceptors (Lipinski definition) is 5. The highest BCUT2D eigenvalue weighted by Gasteiger charge is 2.33. The van der Waals surface area contributed by atoms with Crippen molar-refractivity contribution < 1.29 is 0 Å². The first-order valence-electron chi connectivity index (χ1n) is 11.1. The quantitative estimate of drug-likeness (QED) is 0.280. The Hall–Kier alpha value is -2.79. The van der Waals surface area contributed by atoms with Crippen LogP contribution in [0.1, 0.15) is 49.6 Å². The number of thiophene rings is 1. The number of aromatic nitrogens is 2. The van der Waals surface area contributed by atoms with Crippen molar-refractivity contribution in [2.24, 2.45) is 16.4 Å². The number of anilines is 1. The number of nitrogens with one attached hydrogen (secondary N) is 1. The van der Waals surface area contributed by atoms with E-state index in [2.05, 4.69) is 83.7 Å². The molecule has 0 radical (unpaired) electrons. The minimum absolute atomic E-state index is 0.349. The molecule has 0 bridgehead atoms. The van der Waals surface area contributed by atoms with Crippen molar-refractivity contribution in [3.8, 4) is 0 Å². The zero-order valence-electron chi connectivity index (χ0n) is 18.4. The van der Waals surface area contributed by atoms with Gasteiger partial charge in [0.05, 0.1) is 11.6 Å². The molecule has 4 aromatic rings. The van der Waals surface area contributed by atoms with Crippen LogP contribution in [-0.4, -0.2) is 16.2 Å². The Morgan fingerprint density at radius 2 is 2.00 bits per heavy atom. The summed E-state index contributed by atoms with van der Waals surface area (Å²) in [6.45, 7) is 7.11. The Bertz CT molecular complexity index is 1270. The van der Waals surface area contributed by atoms with Gasteiger partial charge in [0.1, 0.15) is 11.2 Å². The Balaban J connectivity index is 1.47. The molecule has 5 heteroatoms. The molecule has 4 nitrogen and oxygen atoms in total. The molecule has 0 saturated heterocycles. The minimum Gasteiger partial charge on any atom is -0.261 e. The third kappa shape index (κ3) is 3.72. The molecular weight excluding hydrogens is 400 g/mol. The Morgan fingerprint density at radius 3 is 2.87 bits per heavy atom. The normalized spacial score (nSPS) is 16.8. The summed E-state index contributed by atoms with van der Waals surface area (Å²) in [6.07, 6.45) is 8.24. The van der Waals surface area contributed by atoms with E-state index in [1.54, 1.807) is 6.33 Å². The van der Waals surface area contributed by atoms with Crippen LogP contribution in [0.25, 0.3) is 21.0 Å². The highest BCUT2D eigenvalue weighted by Crippen LogP contribution is 2.45. The van der Waals surface area contributed by atoms with E-state index in [0.29, 0.717) is 11.3 Å². The topological polar surface area (TPSA) is 50.2 Å². The second-order valence-electron chi connectivity index (χ2n) is 9.13. The molecule has 0 unspecified atom stereocenters. The number of rotatable bonds is 5. The van der Waals surface area contributed by atoms with Crippen LogP contribution in [0.3, 0.4) is 0 Å². The summed E-state index contributed by atoms with van der Waals surface area (Å²) in [5.74, 6) is 1.50. The Labute approximate surface area is 187 Å². The lowest BCUT2D eigenvalue weighted by Crippen LogP contribution is -2.28. The fourth-order valence-electron chi connectivity index (χ4n) is 4.67. The highest BCUT2D eigenvalue weighted by molar-refractivity contribution is 7.19. The third-order valence-electron chi connectivity index (χ3n) is 7.05. The number of nitrogens with zero attached hydrogens (tertiary/aromatic N) is 3. The summed E-state index contributed by atoms with van der Waals surface area (Å²) in [7, 11) is 0. The van der Waals surface area contributed by atoms with Gasteiger partial charge in [-0.05, 0) is 46.9 Å². The van der Waals surface area contributed by atoms with E-state index >= 15 is 0 Å². The van der Waals surface area contributed by atoms with Crippen LogP contribution in [0.4, 0.5) is 5.82 Å². The van der Waals surface area contributed by atoms with Crippen molar-refractivity contribution in [2.75, 3.05) is 5.43 Å². The predicted molar refractivity (Wildman–Crippen MR) is 132 cm³/mol. The van der Waals surface area contributed by atoms with Crippen molar-refractivity contribution in [3.05, 3.63) is 64.8 Å². The molecule has 0 aliphatic heterocycles. The maximum atomic E-state index is 4.58. The summed E-state index contributed by atoms with van der Waals surface area (Å²) in [5.41, 5.74) is 6.10. The summed E-state index contributed by atoms with van der Waals surface area (Å²) in [6, 6.07) is 14.7. The molecule has 1 atom stereocenters. The largest absolute Gasteiger partial charge is 0.261 e. The molecule has 1 N–H and O–H groups in total. The van der Waals surface area contributed by atoms with Gasteiger partial charge >= 0.3 is 0 Å². The van der Waals surface area contributed by atoms with Crippen LogP contribution in [0.5, 0.6) is 0 Å². The SMILES string of the molecule is CCC(C)(C)[C@@H]1CCc2sc3ncnc(N/N=C\c4cccc5ccccc45)c3c2C1. The number of hydrazone groups is 1. The smallest absolute Gasteiger partial charge is 0.158 e. The lowest BCUT2D eigenvalue weighted by atomic mass is 9.69. The summed E-state index contributed by atoms with van der Waals surface area (Å²) in [4.78, 5) is 11.7. The average Bonchev–Trinajstić information content (AvgIpc) is 3.18. The molecule has 0 spiro atoms. The van der Waals surface area contributed by atoms with Crippen molar-refractivity contribution >= 4 is 44.4 Å². The molecule has 0 amide bonds. The standard InChI is InChI=1S/C26H28N4S/c1-4-26(2,3)19-12-13-22-21(14-19)23-24(27-16-28-25(23)31-22)30-29-15-18-10-7-9-17-8-5-6-11-20(17)18/h5-11,15-16,19H,4,12-14H2,1-3H3,(H,27,28,30)/b29-15-/t19-/m1/s1. The molecule has 1 aliphatic carbocycles. The van der Waals surface area contributed by atoms with Crippen molar-refractivity contribution in [1.82, 2.24) is 9.97 Å². The Kier molecular flexibility index (Phi) is 5.22. The van der Waals surface area contributed by atoms with Gasteiger partial charge in [0.15, 0.2) is 5.82 Å². The lowest BCUT2D eigenvalue weighted by molar-refractivity contribution is 0.184. The zero-order chi connectivity index (χ0) is 21.4. The molecule has 31 heavy (non-hydrogen) atoms. The minimum atomic E-state index is 0.349. The second-order valence-corrected chi connectivity index (χ2v) is 10.2.